The van der Waals surface area contributed by atoms with Gasteiger partial charge in [0, 0.05) is 6.04 Å². The Morgan fingerprint density at radius 1 is 1.18 bits per heavy atom. The van der Waals surface area contributed by atoms with E-state index >= 15 is 0 Å². The molecule has 2 fully saturated rings. The van der Waals surface area contributed by atoms with E-state index in [9.17, 15) is 0 Å². The number of hydrogen-bond acceptors (Lipinski definition) is 2. The molecule has 1 aliphatic carbocycles. The standard InChI is InChI=1S/C15H21NO/c1-4-12(10-13-5-3-9-16-13)11-15(8-1)17-14-6-2-7-14/h1,4,8,11,13-14,16H,2-3,5-7,9-10H2. The highest BCUT2D eigenvalue weighted by Crippen LogP contribution is 2.26. The fraction of sp³-hybridized carbons (Fsp3) is 0.600. The molecule has 0 bridgehead atoms. The first-order valence-corrected chi connectivity index (χ1v) is 6.89. The Morgan fingerprint density at radius 2 is 2.12 bits per heavy atom. The van der Waals surface area contributed by atoms with Crippen molar-refractivity contribution in [3.05, 3.63) is 29.8 Å². The third kappa shape index (κ3) is 2.81. The predicted octanol–water partition coefficient (Wildman–Crippen LogP) is 2.91. The summed E-state index contributed by atoms with van der Waals surface area (Å²) in [5.41, 5.74) is 1.40. The Balaban J connectivity index is 1.61. The molecule has 1 saturated heterocycles. The molecule has 2 aliphatic rings. The van der Waals surface area contributed by atoms with Crippen LogP contribution in [0.15, 0.2) is 24.3 Å². The van der Waals surface area contributed by atoms with Crippen LogP contribution in [-0.2, 0) is 6.42 Å². The van der Waals surface area contributed by atoms with E-state index in [1.54, 1.807) is 0 Å². The van der Waals surface area contributed by atoms with Crippen LogP contribution in [0.1, 0.15) is 37.7 Å². The molecule has 1 aliphatic heterocycles. The summed E-state index contributed by atoms with van der Waals surface area (Å²) in [6, 6.07) is 9.32. The lowest BCUT2D eigenvalue weighted by molar-refractivity contribution is 0.120. The van der Waals surface area contributed by atoms with Gasteiger partial charge in [-0.2, -0.15) is 0 Å². The average Bonchev–Trinajstić information content (AvgIpc) is 2.77. The summed E-state index contributed by atoms with van der Waals surface area (Å²) in [4.78, 5) is 0. The maximum Gasteiger partial charge on any atom is 0.119 e. The highest BCUT2D eigenvalue weighted by molar-refractivity contribution is 5.29. The molecule has 2 nitrogen and oxygen atoms in total. The van der Waals surface area contributed by atoms with E-state index in [1.807, 2.05) is 0 Å². The zero-order valence-electron chi connectivity index (χ0n) is 10.3. The van der Waals surface area contributed by atoms with Crippen molar-refractivity contribution >= 4 is 0 Å². The lowest BCUT2D eigenvalue weighted by Gasteiger charge is -2.26. The molecule has 0 radical (unpaired) electrons. The van der Waals surface area contributed by atoms with E-state index in [0.29, 0.717) is 12.1 Å². The summed E-state index contributed by atoms with van der Waals surface area (Å²) in [5.74, 6) is 1.06. The van der Waals surface area contributed by atoms with Gasteiger partial charge in [0.1, 0.15) is 5.75 Å². The Bertz CT molecular complexity index is 367. The molecule has 0 spiro atoms. The van der Waals surface area contributed by atoms with Crippen LogP contribution in [0.25, 0.3) is 0 Å². The summed E-state index contributed by atoms with van der Waals surface area (Å²) >= 11 is 0. The van der Waals surface area contributed by atoms with Crippen molar-refractivity contribution in [1.82, 2.24) is 5.32 Å². The molecular formula is C15H21NO. The second-order valence-corrected chi connectivity index (χ2v) is 5.32. The van der Waals surface area contributed by atoms with Crippen molar-refractivity contribution in [3.8, 4) is 5.75 Å². The zero-order valence-corrected chi connectivity index (χ0v) is 10.3. The van der Waals surface area contributed by atoms with Crippen LogP contribution in [0.2, 0.25) is 0 Å². The molecule has 1 aromatic rings. The van der Waals surface area contributed by atoms with E-state index in [2.05, 4.69) is 29.6 Å². The lowest BCUT2D eigenvalue weighted by atomic mass is 9.96. The number of nitrogens with one attached hydrogen (secondary N) is 1. The summed E-state index contributed by atoms with van der Waals surface area (Å²) in [7, 11) is 0. The smallest absolute Gasteiger partial charge is 0.119 e. The van der Waals surface area contributed by atoms with E-state index in [4.69, 9.17) is 4.74 Å². The summed E-state index contributed by atoms with van der Waals surface area (Å²) in [5, 5.41) is 3.55. The van der Waals surface area contributed by atoms with Crippen molar-refractivity contribution < 1.29 is 4.74 Å². The number of ether oxygens (including phenoxy) is 1. The van der Waals surface area contributed by atoms with Crippen LogP contribution in [0.4, 0.5) is 0 Å². The highest BCUT2D eigenvalue weighted by Gasteiger charge is 2.19. The molecule has 1 saturated carbocycles. The minimum atomic E-state index is 0.481. The first-order chi connectivity index (χ1) is 8.40. The Labute approximate surface area is 103 Å². The number of benzene rings is 1. The van der Waals surface area contributed by atoms with Crippen LogP contribution in [0.5, 0.6) is 5.75 Å². The fourth-order valence-electron chi connectivity index (χ4n) is 2.64. The highest BCUT2D eigenvalue weighted by atomic mass is 16.5. The Kier molecular flexibility index (Phi) is 3.32. The van der Waals surface area contributed by atoms with Gasteiger partial charge in [0.15, 0.2) is 0 Å². The summed E-state index contributed by atoms with van der Waals surface area (Å²) < 4.78 is 5.94. The van der Waals surface area contributed by atoms with Crippen LogP contribution in [0, 0.1) is 0 Å². The van der Waals surface area contributed by atoms with Gasteiger partial charge in [-0.25, -0.2) is 0 Å². The molecule has 92 valence electrons. The van der Waals surface area contributed by atoms with Gasteiger partial charge < -0.3 is 10.1 Å². The maximum absolute atomic E-state index is 5.94. The molecule has 3 rings (SSSR count). The molecule has 1 unspecified atom stereocenters. The van der Waals surface area contributed by atoms with Gasteiger partial charge >= 0.3 is 0 Å². The molecule has 0 aromatic heterocycles. The van der Waals surface area contributed by atoms with Gasteiger partial charge in [-0.15, -0.1) is 0 Å². The first kappa shape index (κ1) is 11.1. The third-order valence-corrected chi connectivity index (χ3v) is 3.90. The average molecular weight is 231 g/mol. The van der Waals surface area contributed by atoms with E-state index in [-0.39, 0.29) is 0 Å². The van der Waals surface area contributed by atoms with Crippen molar-refractivity contribution in [2.75, 3.05) is 6.54 Å². The van der Waals surface area contributed by atoms with E-state index in [1.165, 1.54) is 44.2 Å². The van der Waals surface area contributed by atoms with Gasteiger partial charge in [0.2, 0.25) is 0 Å². The van der Waals surface area contributed by atoms with Crippen LogP contribution in [-0.4, -0.2) is 18.7 Å². The fourth-order valence-corrected chi connectivity index (χ4v) is 2.64. The van der Waals surface area contributed by atoms with E-state index < -0.39 is 0 Å². The van der Waals surface area contributed by atoms with Gasteiger partial charge in [-0.1, -0.05) is 12.1 Å². The molecule has 1 N–H and O–H groups in total. The van der Waals surface area contributed by atoms with Crippen molar-refractivity contribution in [1.29, 1.82) is 0 Å². The minimum Gasteiger partial charge on any atom is -0.490 e. The summed E-state index contributed by atoms with van der Waals surface area (Å²) in [6.07, 6.45) is 8.05. The minimum absolute atomic E-state index is 0.481. The number of hydrogen-bond donors (Lipinski definition) is 1. The molecule has 1 atom stereocenters. The number of rotatable bonds is 4. The maximum atomic E-state index is 5.94. The molecule has 17 heavy (non-hydrogen) atoms. The van der Waals surface area contributed by atoms with Gasteiger partial charge in [0.05, 0.1) is 6.10 Å². The first-order valence-electron chi connectivity index (χ1n) is 6.89. The van der Waals surface area contributed by atoms with E-state index in [0.717, 1.165) is 12.2 Å². The monoisotopic (exact) mass is 231 g/mol. The normalized spacial score (nSPS) is 24.6. The quantitative estimate of drug-likeness (QED) is 0.860. The van der Waals surface area contributed by atoms with Crippen LogP contribution < -0.4 is 10.1 Å². The van der Waals surface area contributed by atoms with Crippen molar-refractivity contribution in [3.63, 3.8) is 0 Å². The van der Waals surface area contributed by atoms with Crippen molar-refractivity contribution in [2.24, 2.45) is 0 Å². The SMILES string of the molecule is c1cc(CC2CCCN2)cc(OC2CCC2)c1. The lowest BCUT2D eigenvalue weighted by Crippen LogP contribution is -2.25. The van der Waals surface area contributed by atoms with Gasteiger partial charge in [-0.05, 0) is 62.8 Å². The second kappa shape index (κ2) is 5.09. The van der Waals surface area contributed by atoms with Gasteiger partial charge in [0.25, 0.3) is 0 Å². The molecule has 2 heteroatoms. The molecular weight excluding hydrogens is 210 g/mol. The summed E-state index contributed by atoms with van der Waals surface area (Å²) in [6.45, 7) is 1.18. The molecule has 0 amide bonds. The van der Waals surface area contributed by atoms with Crippen LogP contribution in [0.3, 0.4) is 0 Å². The zero-order chi connectivity index (χ0) is 11.5. The second-order valence-electron chi connectivity index (χ2n) is 5.32. The molecule has 1 aromatic carbocycles. The van der Waals surface area contributed by atoms with Crippen molar-refractivity contribution in [2.45, 2.75) is 50.7 Å². The predicted molar refractivity (Wildman–Crippen MR) is 69.4 cm³/mol. The largest absolute Gasteiger partial charge is 0.490 e. The molecule has 1 heterocycles. The van der Waals surface area contributed by atoms with Crippen LogP contribution >= 0.6 is 0 Å². The third-order valence-electron chi connectivity index (χ3n) is 3.90. The Hall–Kier alpha value is -1.02. The topological polar surface area (TPSA) is 21.3 Å². The Morgan fingerprint density at radius 3 is 2.82 bits per heavy atom. The van der Waals surface area contributed by atoms with Gasteiger partial charge in [-0.3, -0.25) is 0 Å².